The summed E-state index contributed by atoms with van der Waals surface area (Å²) >= 11 is 0. The summed E-state index contributed by atoms with van der Waals surface area (Å²) < 4.78 is 6.05. The molecule has 4 heteroatoms. The quantitative estimate of drug-likeness (QED) is 0.0541. The highest BCUT2D eigenvalue weighted by Crippen LogP contribution is 2.19. The van der Waals surface area contributed by atoms with Crippen molar-refractivity contribution in [2.24, 2.45) is 0 Å². The van der Waals surface area contributed by atoms with Crippen molar-refractivity contribution < 1.29 is 19.4 Å². The first-order valence-corrected chi connectivity index (χ1v) is 20.5. The Morgan fingerprint density at radius 2 is 0.667 bits per heavy atom. The predicted octanol–water partition coefficient (Wildman–Crippen LogP) is 14.1. The number of hydrogen-bond donors (Lipinski definition) is 1. The summed E-state index contributed by atoms with van der Waals surface area (Å²) in [6, 6.07) is 0. The molecule has 0 aliphatic carbocycles. The molecule has 0 spiro atoms. The second kappa shape index (κ2) is 37.4. The summed E-state index contributed by atoms with van der Waals surface area (Å²) in [6.45, 7) is 4.56. The van der Waals surface area contributed by atoms with Gasteiger partial charge in [0.25, 0.3) is 0 Å². The highest BCUT2D eigenvalue weighted by molar-refractivity contribution is 5.69. The summed E-state index contributed by atoms with van der Waals surface area (Å²) in [4.78, 5) is 23.3. The molecule has 0 aliphatic rings. The molecule has 0 radical (unpaired) electrons. The van der Waals surface area contributed by atoms with Crippen LogP contribution in [0.1, 0.15) is 245 Å². The van der Waals surface area contributed by atoms with Gasteiger partial charge in [-0.15, -0.1) is 0 Å². The standard InChI is InChI=1S/C41H80O4/c1-3-5-7-9-11-13-15-16-17-18-20-26-30-34-38-41(44)45-39(35-31-27-23-19-14-12-10-8-6-4-2)36-32-28-24-21-22-25-29-33-37-40(42)43/h39H,3-38H2,1-2H3,(H,42,43). The van der Waals surface area contributed by atoms with Crippen LogP contribution in [0.4, 0.5) is 0 Å². The molecule has 268 valence electrons. The van der Waals surface area contributed by atoms with Crippen molar-refractivity contribution in [2.45, 2.75) is 251 Å². The fourth-order valence-corrected chi connectivity index (χ4v) is 6.54. The number of carboxylic acid groups (broad SMARTS) is 1. The van der Waals surface area contributed by atoms with Gasteiger partial charge in [0.05, 0.1) is 0 Å². The van der Waals surface area contributed by atoms with E-state index in [0.717, 1.165) is 51.4 Å². The van der Waals surface area contributed by atoms with Crippen molar-refractivity contribution in [2.75, 3.05) is 0 Å². The lowest BCUT2D eigenvalue weighted by molar-refractivity contribution is -0.150. The van der Waals surface area contributed by atoms with Crippen LogP contribution in [0.5, 0.6) is 0 Å². The monoisotopic (exact) mass is 637 g/mol. The van der Waals surface area contributed by atoms with Crippen LogP contribution in [0.3, 0.4) is 0 Å². The molecular formula is C41H80O4. The van der Waals surface area contributed by atoms with Crippen molar-refractivity contribution in [1.29, 1.82) is 0 Å². The fraction of sp³-hybridized carbons (Fsp3) is 0.951. The number of hydrogen-bond acceptors (Lipinski definition) is 3. The largest absolute Gasteiger partial charge is 0.481 e. The molecule has 0 aromatic rings. The van der Waals surface area contributed by atoms with Gasteiger partial charge in [0.1, 0.15) is 6.10 Å². The van der Waals surface area contributed by atoms with Crippen LogP contribution in [0, 0.1) is 0 Å². The van der Waals surface area contributed by atoms with Crippen LogP contribution in [-0.2, 0) is 14.3 Å². The molecule has 0 aromatic carbocycles. The fourth-order valence-electron chi connectivity index (χ4n) is 6.54. The maximum Gasteiger partial charge on any atom is 0.306 e. The van der Waals surface area contributed by atoms with E-state index in [-0.39, 0.29) is 12.1 Å². The average Bonchev–Trinajstić information content (AvgIpc) is 3.02. The highest BCUT2D eigenvalue weighted by Gasteiger charge is 2.14. The van der Waals surface area contributed by atoms with Gasteiger partial charge < -0.3 is 9.84 Å². The van der Waals surface area contributed by atoms with E-state index >= 15 is 0 Å². The summed E-state index contributed by atoms with van der Waals surface area (Å²) in [7, 11) is 0. The molecule has 0 fully saturated rings. The zero-order valence-corrected chi connectivity index (χ0v) is 30.7. The predicted molar refractivity (Wildman–Crippen MR) is 195 cm³/mol. The molecule has 0 saturated heterocycles. The van der Waals surface area contributed by atoms with Gasteiger partial charge in [-0.05, 0) is 38.5 Å². The van der Waals surface area contributed by atoms with E-state index in [1.807, 2.05) is 0 Å². The molecule has 45 heavy (non-hydrogen) atoms. The third-order valence-electron chi connectivity index (χ3n) is 9.58. The number of unbranched alkanes of at least 4 members (excludes halogenated alkanes) is 29. The first-order chi connectivity index (χ1) is 22.1. The van der Waals surface area contributed by atoms with E-state index in [1.165, 1.54) is 167 Å². The van der Waals surface area contributed by atoms with Crippen LogP contribution in [0.2, 0.25) is 0 Å². The summed E-state index contributed by atoms with van der Waals surface area (Å²) in [5, 5.41) is 8.75. The van der Waals surface area contributed by atoms with E-state index in [2.05, 4.69) is 13.8 Å². The maximum absolute atomic E-state index is 12.7. The lowest BCUT2D eigenvalue weighted by Gasteiger charge is -2.18. The number of carbonyl (C=O) groups is 2. The Hall–Kier alpha value is -1.06. The molecule has 4 nitrogen and oxygen atoms in total. The molecule has 0 rings (SSSR count). The van der Waals surface area contributed by atoms with Crippen molar-refractivity contribution in [1.82, 2.24) is 0 Å². The van der Waals surface area contributed by atoms with Crippen LogP contribution in [0.25, 0.3) is 0 Å². The Balaban J connectivity index is 4.02. The van der Waals surface area contributed by atoms with Crippen LogP contribution >= 0.6 is 0 Å². The Morgan fingerprint density at radius 1 is 0.400 bits per heavy atom. The van der Waals surface area contributed by atoms with Gasteiger partial charge in [-0.25, -0.2) is 0 Å². The molecule has 1 atom stereocenters. The van der Waals surface area contributed by atoms with Crippen molar-refractivity contribution in [3.8, 4) is 0 Å². The number of esters is 1. The third kappa shape index (κ3) is 37.3. The van der Waals surface area contributed by atoms with Crippen LogP contribution in [-0.4, -0.2) is 23.1 Å². The minimum atomic E-state index is -0.678. The zero-order chi connectivity index (χ0) is 32.9. The molecule has 0 aliphatic heterocycles. The first kappa shape index (κ1) is 43.9. The van der Waals surface area contributed by atoms with Crippen molar-refractivity contribution in [3.63, 3.8) is 0 Å². The molecule has 0 heterocycles. The highest BCUT2D eigenvalue weighted by atomic mass is 16.5. The SMILES string of the molecule is CCCCCCCCCCCCCCCCC(=O)OC(CCCCCCCCCCCC)CCCCCCCCCCC(=O)O. The molecule has 0 saturated carbocycles. The van der Waals surface area contributed by atoms with Crippen LogP contribution in [0.15, 0.2) is 0 Å². The minimum Gasteiger partial charge on any atom is -0.481 e. The van der Waals surface area contributed by atoms with Gasteiger partial charge in [-0.1, -0.05) is 194 Å². The van der Waals surface area contributed by atoms with Crippen molar-refractivity contribution >= 4 is 11.9 Å². The lowest BCUT2D eigenvalue weighted by Crippen LogP contribution is -2.18. The lowest BCUT2D eigenvalue weighted by atomic mass is 10.0. The van der Waals surface area contributed by atoms with Gasteiger partial charge in [-0.2, -0.15) is 0 Å². The minimum absolute atomic E-state index is 0.0346. The smallest absolute Gasteiger partial charge is 0.306 e. The summed E-state index contributed by atoms with van der Waals surface area (Å²) in [6.07, 6.45) is 44.1. The van der Waals surface area contributed by atoms with E-state index in [4.69, 9.17) is 9.84 Å². The molecule has 1 unspecified atom stereocenters. The number of carbonyl (C=O) groups excluding carboxylic acids is 1. The molecular weight excluding hydrogens is 556 g/mol. The van der Waals surface area contributed by atoms with Gasteiger partial charge in [-0.3, -0.25) is 9.59 Å². The number of aliphatic carboxylic acids is 1. The van der Waals surface area contributed by atoms with E-state index < -0.39 is 5.97 Å². The average molecular weight is 637 g/mol. The Kier molecular flexibility index (Phi) is 36.5. The molecule has 1 N–H and O–H groups in total. The second-order valence-electron chi connectivity index (χ2n) is 14.2. The van der Waals surface area contributed by atoms with E-state index in [1.54, 1.807) is 0 Å². The number of carboxylic acids is 1. The normalized spacial score (nSPS) is 12.0. The third-order valence-corrected chi connectivity index (χ3v) is 9.58. The Labute approximate surface area is 282 Å². The first-order valence-electron chi connectivity index (χ1n) is 20.5. The van der Waals surface area contributed by atoms with E-state index in [9.17, 15) is 9.59 Å². The summed E-state index contributed by atoms with van der Waals surface area (Å²) in [5.74, 6) is -0.643. The number of rotatable bonds is 38. The number of ether oxygens (including phenoxy) is 1. The Morgan fingerprint density at radius 3 is 0.978 bits per heavy atom. The summed E-state index contributed by atoms with van der Waals surface area (Å²) in [5.41, 5.74) is 0. The second-order valence-corrected chi connectivity index (χ2v) is 14.2. The van der Waals surface area contributed by atoms with Gasteiger partial charge >= 0.3 is 11.9 Å². The van der Waals surface area contributed by atoms with Gasteiger partial charge in [0.2, 0.25) is 0 Å². The van der Waals surface area contributed by atoms with Gasteiger partial charge in [0.15, 0.2) is 0 Å². The zero-order valence-electron chi connectivity index (χ0n) is 30.7. The molecule has 0 aromatic heterocycles. The van der Waals surface area contributed by atoms with Gasteiger partial charge in [0, 0.05) is 12.8 Å². The molecule has 0 amide bonds. The van der Waals surface area contributed by atoms with E-state index in [0.29, 0.717) is 12.8 Å². The van der Waals surface area contributed by atoms with Crippen molar-refractivity contribution in [3.05, 3.63) is 0 Å². The Bertz CT molecular complexity index is 604. The van der Waals surface area contributed by atoms with Crippen LogP contribution < -0.4 is 0 Å². The topological polar surface area (TPSA) is 63.6 Å². The maximum atomic E-state index is 12.7. The molecule has 0 bridgehead atoms.